The Morgan fingerprint density at radius 1 is 1.22 bits per heavy atom. The fourth-order valence-electron chi connectivity index (χ4n) is 5.53. The highest BCUT2D eigenvalue weighted by atomic mass is 35.5. The highest BCUT2D eigenvalue weighted by Gasteiger charge is 2.54. The number of esters is 1. The number of benzene rings is 1. The first kappa shape index (κ1) is 26.4. The predicted octanol–water partition coefficient (Wildman–Crippen LogP) is 2.66. The highest BCUT2D eigenvalue weighted by molar-refractivity contribution is 6.33. The van der Waals surface area contributed by atoms with Gasteiger partial charge in [0.25, 0.3) is 5.91 Å². The van der Waals surface area contributed by atoms with E-state index in [1.807, 2.05) is 20.8 Å². The summed E-state index contributed by atoms with van der Waals surface area (Å²) in [7, 11) is 0. The minimum Gasteiger partial charge on any atom is -0.433 e. The first-order chi connectivity index (χ1) is 17.0. The molecule has 3 fully saturated rings. The number of nitrogens with one attached hydrogen (secondary N) is 2. The smallest absolute Gasteiger partial charge is 0.310 e. The molecule has 10 heteroatoms. The Hall–Kier alpha value is -2.65. The molecule has 196 valence electrons. The number of carbonyl (C=O) groups excluding carboxylic acids is 4. The van der Waals surface area contributed by atoms with Gasteiger partial charge in [-0.2, -0.15) is 0 Å². The largest absolute Gasteiger partial charge is 0.433 e. The summed E-state index contributed by atoms with van der Waals surface area (Å²) in [6.45, 7) is 7.74. The Balaban J connectivity index is 1.55. The van der Waals surface area contributed by atoms with Crippen molar-refractivity contribution in [3.8, 4) is 0 Å². The topological polar surface area (TPSA) is 114 Å². The normalized spacial score (nSPS) is 28.1. The average molecular weight is 520 g/mol. The van der Waals surface area contributed by atoms with Crippen molar-refractivity contribution in [3.05, 3.63) is 34.9 Å². The lowest BCUT2D eigenvalue weighted by molar-refractivity contribution is -0.165. The summed E-state index contributed by atoms with van der Waals surface area (Å²) in [6, 6.07) is 4.42. The molecule has 2 saturated heterocycles. The van der Waals surface area contributed by atoms with Gasteiger partial charge in [0.2, 0.25) is 18.1 Å². The summed E-state index contributed by atoms with van der Waals surface area (Å²) in [4.78, 5) is 54.0. The number of hydrogen-bond acceptors (Lipinski definition) is 6. The van der Waals surface area contributed by atoms with Gasteiger partial charge in [-0.15, -0.1) is 0 Å². The quantitative estimate of drug-likeness (QED) is 0.535. The molecule has 3 aliphatic rings. The number of amides is 3. The third-order valence-electron chi connectivity index (χ3n) is 7.24. The second-order valence-electron chi connectivity index (χ2n) is 10.8. The van der Waals surface area contributed by atoms with Crippen LogP contribution in [0.5, 0.6) is 0 Å². The highest BCUT2D eigenvalue weighted by Crippen LogP contribution is 2.44. The third-order valence-corrected chi connectivity index (χ3v) is 7.57. The zero-order valence-electron chi connectivity index (χ0n) is 21.1. The van der Waals surface area contributed by atoms with Gasteiger partial charge in [-0.1, -0.05) is 44.5 Å². The van der Waals surface area contributed by atoms with E-state index in [0.29, 0.717) is 11.6 Å². The van der Waals surface area contributed by atoms with Crippen LogP contribution in [-0.2, 0) is 23.9 Å². The second kappa shape index (κ2) is 10.4. The summed E-state index contributed by atoms with van der Waals surface area (Å²) in [5.41, 5.74) is -0.339. The second-order valence-corrected chi connectivity index (χ2v) is 11.2. The molecule has 2 heterocycles. The molecule has 4 rings (SSSR count). The maximum Gasteiger partial charge on any atom is 0.310 e. The van der Waals surface area contributed by atoms with Crippen molar-refractivity contribution in [1.29, 1.82) is 0 Å². The van der Waals surface area contributed by atoms with Crippen molar-refractivity contribution in [1.82, 2.24) is 15.5 Å². The van der Waals surface area contributed by atoms with E-state index in [1.165, 1.54) is 0 Å². The predicted molar refractivity (Wildman–Crippen MR) is 132 cm³/mol. The van der Waals surface area contributed by atoms with Crippen LogP contribution in [-0.4, -0.2) is 65.7 Å². The summed E-state index contributed by atoms with van der Waals surface area (Å²) >= 11 is 6.21. The number of ether oxygens (including phenoxy) is 2. The lowest BCUT2D eigenvalue weighted by atomic mass is 9.84. The number of carbonyl (C=O) groups is 4. The Kier molecular flexibility index (Phi) is 7.61. The molecule has 0 aromatic heterocycles. The molecule has 0 spiro atoms. The average Bonchev–Trinajstić information content (AvgIpc) is 3.51. The number of nitrogens with zero attached hydrogens (tertiary/aromatic N) is 1. The first-order valence-corrected chi connectivity index (χ1v) is 12.9. The number of halogens is 1. The van der Waals surface area contributed by atoms with E-state index in [-0.39, 0.29) is 35.8 Å². The molecular formula is C26H34ClN3O6. The van der Waals surface area contributed by atoms with Crippen LogP contribution in [0.25, 0.3) is 0 Å². The maximum absolute atomic E-state index is 14.0. The van der Waals surface area contributed by atoms with Gasteiger partial charge in [-0.25, -0.2) is 0 Å². The van der Waals surface area contributed by atoms with Crippen LogP contribution in [0.3, 0.4) is 0 Å². The van der Waals surface area contributed by atoms with Crippen LogP contribution in [0.4, 0.5) is 0 Å². The number of cyclic esters (lactones) is 1. The molecule has 9 nitrogen and oxygen atoms in total. The molecule has 0 radical (unpaired) electrons. The zero-order valence-corrected chi connectivity index (χ0v) is 21.8. The molecule has 1 saturated carbocycles. The minimum atomic E-state index is -0.872. The van der Waals surface area contributed by atoms with E-state index in [9.17, 15) is 19.2 Å². The van der Waals surface area contributed by atoms with Crippen LogP contribution >= 0.6 is 11.6 Å². The Bertz CT molecular complexity index is 1040. The lowest BCUT2D eigenvalue weighted by Crippen LogP contribution is -2.62. The van der Waals surface area contributed by atoms with E-state index in [1.54, 1.807) is 36.1 Å². The van der Waals surface area contributed by atoms with Gasteiger partial charge in [0.1, 0.15) is 18.1 Å². The molecule has 2 N–H and O–H groups in total. The van der Waals surface area contributed by atoms with Crippen molar-refractivity contribution in [2.75, 3.05) is 6.61 Å². The minimum absolute atomic E-state index is 0.0161. The van der Waals surface area contributed by atoms with Crippen LogP contribution < -0.4 is 10.6 Å². The molecule has 36 heavy (non-hydrogen) atoms. The molecular weight excluding hydrogens is 486 g/mol. The summed E-state index contributed by atoms with van der Waals surface area (Å²) in [5, 5.41) is 6.08. The van der Waals surface area contributed by atoms with Crippen LogP contribution in [0.15, 0.2) is 24.3 Å². The lowest BCUT2D eigenvalue weighted by Gasteiger charge is -2.40. The number of hydrogen-bond donors (Lipinski definition) is 2. The summed E-state index contributed by atoms with van der Waals surface area (Å²) in [5.74, 6) is -1.48. The SMILES string of the molecule is CCO[C@H]1OC(=O)CC1NC(=O)C1C2CCC(C2)N1C(=O)C(NC(=O)c1ccccc1Cl)C(C)(C)C. The van der Waals surface area contributed by atoms with Gasteiger partial charge >= 0.3 is 5.97 Å². The van der Waals surface area contributed by atoms with E-state index in [2.05, 4.69) is 10.6 Å². The number of piperidine rings is 1. The van der Waals surface area contributed by atoms with Crippen LogP contribution in [0.1, 0.15) is 63.7 Å². The van der Waals surface area contributed by atoms with Crippen molar-refractivity contribution in [2.24, 2.45) is 11.3 Å². The summed E-state index contributed by atoms with van der Waals surface area (Å²) in [6.07, 6.45) is 1.56. The molecule has 6 atom stereocenters. The Morgan fingerprint density at radius 3 is 2.61 bits per heavy atom. The number of likely N-dealkylation sites (tertiary alicyclic amines) is 1. The van der Waals surface area contributed by atoms with E-state index >= 15 is 0 Å². The van der Waals surface area contributed by atoms with Gasteiger partial charge in [-0.3, -0.25) is 19.2 Å². The van der Waals surface area contributed by atoms with Crippen LogP contribution in [0.2, 0.25) is 5.02 Å². The molecule has 1 aromatic rings. The van der Waals surface area contributed by atoms with Gasteiger partial charge in [0.05, 0.1) is 17.0 Å². The Labute approximate surface area is 216 Å². The molecule has 2 aliphatic heterocycles. The maximum atomic E-state index is 14.0. The first-order valence-electron chi connectivity index (χ1n) is 12.5. The fraction of sp³-hybridized carbons (Fsp3) is 0.615. The van der Waals surface area contributed by atoms with Gasteiger partial charge in [-0.05, 0) is 49.7 Å². The van der Waals surface area contributed by atoms with Gasteiger partial charge in [0.15, 0.2) is 0 Å². The van der Waals surface area contributed by atoms with Gasteiger partial charge < -0.3 is 25.0 Å². The molecule has 2 bridgehead atoms. The molecule has 1 aliphatic carbocycles. The standard InChI is InChI=1S/C26H34ClN3O6/c1-5-35-25-18(13-19(31)36-25)28-23(33)20-14-10-11-15(12-14)30(20)24(34)21(26(2,3)4)29-22(32)16-8-6-7-9-17(16)27/h6-9,14-15,18,20-21,25H,5,10-13H2,1-4H3,(H,28,33)(H,29,32)/t14?,15?,18?,20?,21?,25-/m0/s1. The van der Waals surface area contributed by atoms with Crippen molar-refractivity contribution < 1.29 is 28.7 Å². The van der Waals surface area contributed by atoms with Crippen molar-refractivity contribution in [2.45, 2.75) is 83.8 Å². The van der Waals surface area contributed by atoms with E-state index < -0.39 is 41.7 Å². The number of rotatable bonds is 7. The van der Waals surface area contributed by atoms with E-state index in [0.717, 1.165) is 19.3 Å². The molecule has 1 aromatic carbocycles. The van der Waals surface area contributed by atoms with Crippen LogP contribution in [0, 0.1) is 11.3 Å². The molecule has 3 amide bonds. The van der Waals surface area contributed by atoms with Crippen molar-refractivity contribution in [3.63, 3.8) is 0 Å². The zero-order chi connectivity index (χ0) is 26.2. The van der Waals surface area contributed by atoms with E-state index in [4.69, 9.17) is 21.1 Å². The monoisotopic (exact) mass is 519 g/mol. The summed E-state index contributed by atoms with van der Waals surface area (Å²) < 4.78 is 10.6. The van der Waals surface area contributed by atoms with Crippen molar-refractivity contribution >= 4 is 35.3 Å². The fourth-order valence-corrected chi connectivity index (χ4v) is 5.75. The Morgan fingerprint density at radius 2 is 1.94 bits per heavy atom. The third kappa shape index (κ3) is 5.22. The number of fused-ring (bicyclic) bond motifs is 2. The van der Waals surface area contributed by atoms with Gasteiger partial charge in [0, 0.05) is 12.6 Å². The molecule has 5 unspecified atom stereocenters.